The Hall–Kier alpha value is -2.11. The Morgan fingerprint density at radius 2 is 1.81 bits per heavy atom. The Balaban J connectivity index is 2.52. The van der Waals surface area contributed by atoms with Crippen molar-refractivity contribution in [1.82, 2.24) is 10.1 Å². The summed E-state index contributed by atoms with van der Waals surface area (Å²) in [5.41, 5.74) is -0.00625. The molecule has 6 heteroatoms. The van der Waals surface area contributed by atoms with Crippen LogP contribution in [0.25, 0.3) is 17.5 Å². The fourth-order valence-electron chi connectivity index (χ4n) is 1.12. The predicted octanol–water partition coefficient (Wildman–Crippen LogP) is 2.80. The zero-order valence-corrected chi connectivity index (χ0v) is 7.88. The van der Waals surface area contributed by atoms with E-state index in [1.165, 1.54) is 6.08 Å². The SMILES string of the molecule is C=Cc1nc(-c2cc(F)c(F)c(F)c2)no1. The fourth-order valence-corrected chi connectivity index (χ4v) is 1.12. The van der Waals surface area contributed by atoms with E-state index < -0.39 is 17.5 Å². The Morgan fingerprint density at radius 3 is 2.31 bits per heavy atom. The van der Waals surface area contributed by atoms with Crippen LogP contribution in [0.3, 0.4) is 0 Å². The summed E-state index contributed by atoms with van der Waals surface area (Å²) in [5, 5.41) is 3.46. The van der Waals surface area contributed by atoms with Crippen molar-refractivity contribution in [3.63, 3.8) is 0 Å². The van der Waals surface area contributed by atoms with Gasteiger partial charge in [0.25, 0.3) is 0 Å². The molecule has 0 saturated heterocycles. The molecule has 3 nitrogen and oxygen atoms in total. The first-order valence-electron chi connectivity index (χ1n) is 4.23. The lowest BCUT2D eigenvalue weighted by molar-refractivity contribution is 0.411. The van der Waals surface area contributed by atoms with Crippen LogP contribution < -0.4 is 0 Å². The number of halogens is 3. The van der Waals surface area contributed by atoms with E-state index >= 15 is 0 Å². The van der Waals surface area contributed by atoms with Gasteiger partial charge in [-0.3, -0.25) is 0 Å². The lowest BCUT2D eigenvalue weighted by Crippen LogP contribution is -1.92. The summed E-state index contributed by atoms with van der Waals surface area (Å²) >= 11 is 0. The minimum Gasteiger partial charge on any atom is -0.334 e. The van der Waals surface area contributed by atoms with E-state index in [-0.39, 0.29) is 17.3 Å². The molecule has 2 rings (SSSR count). The fraction of sp³-hybridized carbons (Fsp3) is 0. The maximum atomic E-state index is 12.9. The van der Waals surface area contributed by atoms with Crippen LogP contribution in [-0.2, 0) is 0 Å². The number of hydrogen-bond donors (Lipinski definition) is 0. The normalized spacial score (nSPS) is 10.4. The van der Waals surface area contributed by atoms with E-state index in [0.29, 0.717) is 0 Å². The second-order valence-electron chi connectivity index (χ2n) is 2.91. The molecule has 1 aromatic carbocycles. The molecule has 0 atom stereocenters. The molecule has 0 N–H and O–H groups in total. The Bertz CT molecular complexity index is 528. The van der Waals surface area contributed by atoms with Crippen molar-refractivity contribution in [2.24, 2.45) is 0 Å². The molecule has 0 saturated carbocycles. The summed E-state index contributed by atoms with van der Waals surface area (Å²) in [4.78, 5) is 3.76. The molecular formula is C10H5F3N2O. The van der Waals surface area contributed by atoms with Crippen molar-refractivity contribution in [1.29, 1.82) is 0 Å². The number of hydrogen-bond acceptors (Lipinski definition) is 3. The van der Waals surface area contributed by atoms with Crippen LogP contribution in [0.4, 0.5) is 13.2 Å². The first kappa shape index (κ1) is 10.4. The molecule has 1 heterocycles. The third kappa shape index (κ3) is 1.69. The monoisotopic (exact) mass is 226 g/mol. The largest absolute Gasteiger partial charge is 0.334 e. The van der Waals surface area contributed by atoms with E-state index in [1.54, 1.807) is 0 Å². The molecule has 0 radical (unpaired) electrons. The van der Waals surface area contributed by atoms with Gasteiger partial charge in [0.05, 0.1) is 0 Å². The molecule has 0 aliphatic carbocycles. The van der Waals surface area contributed by atoms with Crippen LogP contribution in [0.15, 0.2) is 23.2 Å². The van der Waals surface area contributed by atoms with Crippen LogP contribution in [0, 0.1) is 17.5 Å². The predicted molar refractivity (Wildman–Crippen MR) is 49.7 cm³/mol. The quantitative estimate of drug-likeness (QED) is 0.739. The van der Waals surface area contributed by atoms with Crippen molar-refractivity contribution in [3.8, 4) is 11.4 Å². The van der Waals surface area contributed by atoms with E-state index in [1.807, 2.05) is 0 Å². The Morgan fingerprint density at radius 1 is 1.19 bits per heavy atom. The summed E-state index contributed by atoms with van der Waals surface area (Å²) in [7, 11) is 0. The summed E-state index contributed by atoms with van der Waals surface area (Å²) in [6.45, 7) is 3.38. The molecular weight excluding hydrogens is 221 g/mol. The minimum absolute atomic E-state index is 0.00625. The molecule has 82 valence electrons. The maximum Gasteiger partial charge on any atom is 0.250 e. The van der Waals surface area contributed by atoms with E-state index in [9.17, 15) is 13.2 Å². The van der Waals surface area contributed by atoms with E-state index in [4.69, 9.17) is 0 Å². The molecule has 2 aromatic rings. The number of aromatic nitrogens is 2. The van der Waals surface area contributed by atoms with Gasteiger partial charge in [-0.15, -0.1) is 0 Å². The molecule has 16 heavy (non-hydrogen) atoms. The highest BCUT2D eigenvalue weighted by Crippen LogP contribution is 2.21. The van der Waals surface area contributed by atoms with Gasteiger partial charge < -0.3 is 4.52 Å². The zero-order valence-electron chi connectivity index (χ0n) is 7.88. The van der Waals surface area contributed by atoms with Crippen LogP contribution in [-0.4, -0.2) is 10.1 Å². The maximum absolute atomic E-state index is 12.9. The molecule has 0 unspecified atom stereocenters. The van der Waals surface area contributed by atoms with Gasteiger partial charge in [0.2, 0.25) is 11.7 Å². The molecule has 0 amide bonds. The highest BCUT2D eigenvalue weighted by Gasteiger charge is 2.14. The second kappa shape index (κ2) is 3.80. The van der Waals surface area contributed by atoms with Gasteiger partial charge in [-0.2, -0.15) is 4.98 Å². The van der Waals surface area contributed by atoms with Crippen molar-refractivity contribution >= 4 is 6.08 Å². The molecule has 1 aromatic heterocycles. The van der Waals surface area contributed by atoms with Crippen molar-refractivity contribution < 1.29 is 17.7 Å². The third-order valence-electron chi connectivity index (χ3n) is 1.86. The summed E-state index contributed by atoms with van der Waals surface area (Å²) < 4.78 is 43.1. The van der Waals surface area contributed by atoms with E-state index in [2.05, 4.69) is 21.2 Å². The third-order valence-corrected chi connectivity index (χ3v) is 1.86. The van der Waals surface area contributed by atoms with Crippen molar-refractivity contribution in [3.05, 3.63) is 42.1 Å². The summed E-state index contributed by atoms with van der Waals surface area (Å²) in [6, 6.07) is 1.58. The lowest BCUT2D eigenvalue weighted by Gasteiger charge is -1.97. The smallest absolute Gasteiger partial charge is 0.250 e. The topological polar surface area (TPSA) is 38.9 Å². The molecule has 0 aliphatic rings. The highest BCUT2D eigenvalue weighted by molar-refractivity contribution is 5.55. The number of nitrogens with zero attached hydrogens (tertiary/aromatic N) is 2. The first-order chi connectivity index (χ1) is 7.61. The second-order valence-corrected chi connectivity index (χ2v) is 2.91. The van der Waals surface area contributed by atoms with Crippen molar-refractivity contribution in [2.75, 3.05) is 0 Å². The Labute approximate surface area is 88.2 Å². The summed E-state index contributed by atoms with van der Waals surface area (Å²) in [6.07, 6.45) is 1.28. The van der Waals surface area contributed by atoms with Gasteiger partial charge >= 0.3 is 0 Å². The number of benzene rings is 1. The van der Waals surface area contributed by atoms with Crippen LogP contribution in [0.1, 0.15) is 5.89 Å². The van der Waals surface area contributed by atoms with Gasteiger partial charge in [0.15, 0.2) is 17.5 Å². The standard InChI is InChI=1S/C10H5F3N2O/c1-2-8-14-10(15-16-8)5-3-6(11)9(13)7(12)4-5/h2-4H,1H2. The van der Waals surface area contributed by atoms with Gasteiger partial charge in [-0.1, -0.05) is 11.7 Å². The molecule has 0 bridgehead atoms. The van der Waals surface area contributed by atoms with Crippen LogP contribution in [0.2, 0.25) is 0 Å². The minimum atomic E-state index is -1.53. The van der Waals surface area contributed by atoms with Crippen molar-refractivity contribution in [2.45, 2.75) is 0 Å². The van der Waals surface area contributed by atoms with Gasteiger partial charge in [-0.05, 0) is 18.2 Å². The lowest BCUT2D eigenvalue weighted by atomic mass is 10.2. The van der Waals surface area contributed by atoms with Gasteiger partial charge in [-0.25, -0.2) is 13.2 Å². The molecule has 0 fully saturated rings. The van der Waals surface area contributed by atoms with Crippen LogP contribution in [0.5, 0.6) is 0 Å². The van der Waals surface area contributed by atoms with E-state index in [0.717, 1.165) is 12.1 Å². The van der Waals surface area contributed by atoms with Gasteiger partial charge in [0, 0.05) is 5.56 Å². The first-order valence-corrected chi connectivity index (χ1v) is 4.23. The summed E-state index contributed by atoms with van der Waals surface area (Å²) in [5.74, 6) is -4.07. The molecule has 0 spiro atoms. The average Bonchev–Trinajstić information content (AvgIpc) is 2.73. The highest BCUT2D eigenvalue weighted by atomic mass is 19.2. The van der Waals surface area contributed by atoms with Gasteiger partial charge in [0.1, 0.15) is 0 Å². The molecule has 0 aliphatic heterocycles. The zero-order chi connectivity index (χ0) is 11.7. The average molecular weight is 226 g/mol. The van der Waals surface area contributed by atoms with Crippen LogP contribution >= 0.6 is 0 Å². The Kier molecular flexibility index (Phi) is 2.47. The number of rotatable bonds is 2.